The van der Waals surface area contributed by atoms with Crippen LogP contribution in [0, 0.1) is 11.3 Å². The van der Waals surface area contributed by atoms with Crippen LogP contribution >= 0.6 is 0 Å². The smallest absolute Gasteiger partial charge is 0.0605 e. The molecular formula is C10H16O. The van der Waals surface area contributed by atoms with Gasteiger partial charge in [0.05, 0.1) is 6.10 Å². The first kappa shape index (κ1) is 8.54. The summed E-state index contributed by atoms with van der Waals surface area (Å²) in [6.07, 6.45) is 7.98. The van der Waals surface area contributed by atoms with Crippen molar-refractivity contribution in [3.05, 3.63) is 24.3 Å². The number of aliphatic hydroxyl groups is 1. The maximum Gasteiger partial charge on any atom is 0.0605 e. The van der Waals surface area contributed by atoms with E-state index in [1.165, 1.54) is 0 Å². The molecule has 11 heavy (non-hydrogen) atoms. The fourth-order valence-electron chi connectivity index (χ4n) is 1.37. The minimum Gasteiger partial charge on any atom is -0.393 e. The highest BCUT2D eigenvalue weighted by atomic mass is 16.3. The van der Waals surface area contributed by atoms with Gasteiger partial charge in [0.25, 0.3) is 0 Å². The van der Waals surface area contributed by atoms with Crippen molar-refractivity contribution in [2.45, 2.75) is 26.9 Å². The van der Waals surface area contributed by atoms with Gasteiger partial charge in [0.1, 0.15) is 0 Å². The Kier molecular flexibility index (Phi) is 2.19. The summed E-state index contributed by atoms with van der Waals surface area (Å²) in [4.78, 5) is 0. The zero-order chi connectivity index (χ0) is 8.48. The molecule has 1 rings (SSSR count). The van der Waals surface area contributed by atoms with Gasteiger partial charge < -0.3 is 5.11 Å². The molecule has 0 saturated heterocycles. The molecule has 1 aliphatic rings. The van der Waals surface area contributed by atoms with Gasteiger partial charge in [-0.15, -0.1) is 0 Å². The maximum absolute atomic E-state index is 9.52. The van der Waals surface area contributed by atoms with Crippen molar-refractivity contribution >= 4 is 0 Å². The highest BCUT2D eigenvalue weighted by Crippen LogP contribution is 2.35. The van der Waals surface area contributed by atoms with Crippen molar-refractivity contribution in [3.63, 3.8) is 0 Å². The van der Waals surface area contributed by atoms with E-state index in [1.807, 2.05) is 19.1 Å². The van der Waals surface area contributed by atoms with Crippen LogP contribution in [0.15, 0.2) is 24.3 Å². The zero-order valence-electron chi connectivity index (χ0n) is 7.41. The maximum atomic E-state index is 9.52. The normalized spacial score (nSPS) is 39.1. The van der Waals surface area contributed by atoms with Crippen molar-refractivity contribution in [2.24, 2.45) is 11.3 Å². The Morgan fingerprint density at radius 1 is 1.45 bits per heavy atom. The first-order valence-electron chi connectivity index (χ1n) is 4.11. The fraction of sp³-hybridized carbons (Fsp3) is 0.600. The van der Waals surface area contributed by atoms with Crippen LogP contribution in [0.4, 0.5) is 0 Å². The van der Waals surface area contributed by atoms with E-state index in [1.54, 1.807) is 0 Å². The molecule has 0 fully saturated rings. The van der Waals surface area contributed by atoms with Gasteiger partial charge in [-0.2, -0.15) is 0 Å². The summed E-state index contributed by atoms with van der Waals surface area (Å²) in [5, 5.41) is 9.52. The third-order valence-electron chi connectivity index (χ3n) is 2.85. The third kappa shape index (κ3) is 1.38. The van der Waals surface area contributed by atoms with Gasteiger partial charge in [0.2, 0.25) is 0 Å². The van der Waals surface area contributed by atoms with Gasteiger partial charge in [0.15, 0.2) is 0 Å². The van der Waals surface area contributed by atoms with Crippen molar-refractivity contribution in [1.82, 2.24) is 0 Å². The molecule has 0 amide bonds. The first-order valence-corrected chi connectivity index (χ1v) is 4.11. The monoisotopic (exact) mass is 152 g/mol. The summed E-state index contributed by atoms with van der Waals surface area (Å²) in [5.41, 5.74) is -0.0747. The van der Waals surface area contributed by atoms with Crippen LogP contribution in [0.25, 0.3) is 0 Å². The summed E-state index contributed by atoms with van der Waals surface area (Å²) in [6, 6.07) is 0. The molecule has 1 heteroatoms. The number of rotatable bonds is 1. The van der Waals surface area contributed by atoms with Gasteiger partial charge >= 0.3 is 0 Å². The molecule has 62 valence electrons. The van der Waals surface area contributed by atoms with E-state index in [4.69, 9.17) is 0 Å². The van der Waals surface area contributed by atoms with Gasteiger partial charge in [-0.05, 0) is 12.8 Å². The Balaban J connectivity index is 2.85. The van der Waals surface area contributed by atoms with Gasteiger partial charge in [0, 0.05) is 5.41 Å². The van der Waals surface area contributed by atoms with Crippen molar-refractivity contribution < 1.29 is 5.11 Å². The largest absolute Gasteiger partial charge is 0.393 e. The lowest BCUT2D eigenvalue weighted by Gasteiger charge is -2.35. The standard InChI is InChI=1S/C10H16O/c1-8-6-4-5-7-10(8,3)9(2)11/h4-9,11H,1-3H3. The summed E-state index contributed by atoms with van der Waals surface area (Å²) in [7, 11) is 0. The summed E-state index contributed by atoms with van der Waals surface area (Å²) >= 11 is 0. The molecule has 0 spiro atoms. The number of allylic oxidation sites excluding steroid dienone is 3. The van der Waals surface area contributed by atoms with Crippen LogP contribution in [0.2, 0.25) is 0 Å². The third-order valence-corrected chi connectivity index (χ3v) is 2.85. The topological polar surface area (TPSA) is 20.2 Å². The molecule has 1 aliphatic carbocycles. The Morgan fingerprint density at radius 3 is 2.45 bits per heavy atom. The molecule has 0 aromatic carbocycles. The lowest BCUT2D eigenvalue weighted by molar-refractivity contribution is 0.0616. The second-order valence-electron chi connectivity index (χ2n) is 3.57. The average Bonchev–Trinajstić information content (AvgIpc) is 1.95. The van der Waals surface area contributed by atoms with E-state index in [9.17, 15) is 5.11 Å². The molecule has 0 bridgehead atoms. The Morgan fingerprint density at radius 2 is 2.09 bits per heavy atom. The van der Waals surface area contributed by atoms with E-state index in [0.29, 0.717) is 5.92 Å². The predicted octanol–water partition coefficient (Wildman–Crippen LogP) is 2.14. The van der Waals surface area contributed by atoms with Crippen molar-refractivity contribution in [3.8, 4) is 0 Å². The lowest BCUT2D eigenvalue weighted by atomic mass is 9.72. The van der Waals surface area contributed by atoms with Crippen molar-refractivity contribution in [2.75, 3.05) is 0 Å². The summed E-state index contributed by atoms with van der Waals surface area (Å²) in [6.45, 7) is 6.06. The highest BCUT2D eigenvalue weighted by molar-refractivity contribution is 5.19. The molecule has 0 heterocycles. The number of hydrogen-bond donors (Lipinski definition) is 1. The van der Waals surface area contributed by atoms with E-state index < -0.39 is 0 Å². The van der Waals surface area contributed by atoms with Gasteiger partial charge in [-0.1, -0.05) is 38.2 Å². The molecular weight excluding hydrogens is 136 g/mol. The average molecular weight is 152 g/mol. The van der Waals surface area contributed by atoms with Gasteiger partial charge in [-0.3, -0.25) is 0 Å². The fourth-order valence-corrected chi connectivity index (χ4v) is 1.37. The number of aliphatic hydroxyl groups excluding tert-OH is 1. The van der Waals surface area contributed by atoms with Crippen LogP contribution in [-0.2, 0) is 0 Å². The molecule has 0 aliphatic heterocycles. The van der Waals surface area contributed by atoms with Crippen LogP contribution < -0.4 is 0 Å². The Hall–Kier alpha value is -0.560. The van der Waals surface area contributed by atoms with Crippen molar-refractivity contribution in [1.29, 1.82) is 0 Å². The molecule has 0 aromatic rings. The molecule has 1 nitrogen and oxygen atoms in total. The van der Waals surface area contributed by atoms with Crippen LogP contribution in [0.5, 0.6) is 0 Å². The quantitative estimate of drug-likeness (QED) is 0.610. The van der Waals surface area contributed by atoms with Crippen LogP contribution in [0.3, 0.4) is 0 Å². The zero-order valence-corrected chi connectivity index (χ0v) is 7.41. The molecule has 0 saturated carbocycles. The Labute approximate surface area is 68.4 Å². The predicted molar refractivity (Wildman–Crippen MR) is 47.2 cm³/mol. The van der Waals surface area contributed by atoms with E-state index in [0.717, 1.165) is 0 Å². The SMILES string of the molecule is CC(O)C1(C)C=CC=CC1C. The minimum absolute atomic E-state index is 0.0747. The first-order chi connectivity index (χ1) is 5.07. The van der Waals surface area contributed by atoms with Gasteiger partial charge in [-0.25, -0.2) is 0 Å². The minimum atomic E-state index is -0.279. The highest BCUT2D eigenvalue weighted by Gasteiger charge is 2.32. The van der Waals surface area contributed by atoms with E-state index in [2.05, 4.69) is 26.0 Å². The van der Waals surface area contributed by atoms with Crippen LogP contribution in [-0.4, -0.2) is 11.2 Å². The molecule has 1 N–H and O–H groups in total. The lowest BCUT2D eigenvalue weighted by Crippen LogP contribution is -2.34. The van der Waals surface area contributed by atoms with E-state index in [-0.39, 0.29) is 11.5 Å². The molecule has 3 atom stereocenters. The molecule has 3 unspecified atom stereocenters. The molecule has 0 aromatic heterocycles. The number of hydrogen-bond acceptors (Lipinski definition) is 1. The second kappa shape index (κ2) is 2.82. The summed E-state index contributed by atoms with van der Waals surface area (Å²) in [5.74, 6) is 0.424. The van der Waals surface area contributed by atoms with E-state index >= 15 is 0 Å². The second-order valence-corrected chi connectivity index (χ2v) is 3.57. The van der Waals surface area contributed by atoms with Crippen LogP contribution in [0.1, 0.15) is 20.8 Å². The Bertz CT molecular complexity index is 191. The molecule has 0 radical (unpaired) electrons. The summed E-state index contributed by atoms with van der Waals surface area (Å²) < 4.78 is 0.